The third-order valence-electron chi connectivity index (χ3n) is 3.98. The maximum atomic E-state index is 8.27. The first-order valence-electron chi connectivity index (χ1n) is 8.39. The summed E-state index contributed by atoms with van der Waals surface area (Å²) in [6.45, 7) is 5.93. The van der Waals surface area contributed by atoms with E-state index in [0.29, 0.717) is 27.9 Å². The lowest BCUT2D eigenvalue weighted by molar-refractivity contribution is 0.416. The van der Waals surface area contributed by atoms with Gasteiger partial charge in [0.05, 0.1) is 7.11 Å². The molecular weight excluding hydrogens is 380 g/mol. The minimum Gasteiger partial charge on any atom is -0.494 e. The number of hydrogen-bond acceptors (Lipinski definition) is 4. The van der Waals surface area contributed by atoms with Gasteiger partial charge in [-0.1, -0.05) is 35.3 Å². The Labute approximate surface area is 167 Å². The lowest BCUT2D eigenvalue weighted by atomic mass is 10.2. The van der Waals surface area contributed by atoms with Crippen LogP contribution < -0.4 is 15.5 Å². The highest BCUT2D eigenvalue weighted by Gasteiger charge is 2.11. The maximum absolute atomic E-state index is 8.27. The quantitative estimate of drug-likeness (QED) is 0.465. The molecule has 0 saturated heterocycles. The number of rotatable bonds is 3. The summed E-state index contributed by atoms with van der Waals surface area (Å²) >= 11 is 7.71. The van der Waals surface area contributed by atoms with Gasteiger partial charge in [-0.2, -0.15) is 0 Å². The fourth-order valence-corrected chi connectivity index (χ4v) is 3.51. The largest absolute Gasteiger partial charge is 0.494 e. The molecule has 0 radical (unpaired) electrons. The van der Waals surface area contributed by atoms with Gasteiger partial charge >= 0.3 is 0 Å². The second kappa shape index (κ2) is 7.98. The zero-order valence-electron chi connectivity index (χ0n) is 15.6. The Bertz CT molecular complexity index is 1070. The van der Waals surface area contributed by atoms with Gasteiger partial charge < -0.3 is 10.1 Å². The number of nitrogens with one attached hydrogen (secondary N) is 2. The fraction of sp³-hybridized carbons (Fsp3) is 0.200. The molecule has 7 heteroatoms. The first-order chi connectivity index (χ1) is 12.9. The Morgan fingerprint density at radius 2 is 1.93 bits per heavy atom. The molecule has 27 heavy (non-hydrogen) atoms. The van der Waals surface area contributed by atoms with E-state index in [0.717, 1.165) is 21.7 Å². The number of nitrogens with zero attached hydrogens (tertiary/aromatic N) is 2. The molecule has 3 rings (SSSR count). The highest BCUT2D eigenvalue weighted by atomic mass is 35.5. The zero-order valence-corrected chi connectivity index (χ0v) is 17.2. The predicted molar refractivity (Wildman–Crippen MR) is 113 cm³/mol. The molecule has 2 aromatic carbocycles. The maximum Gasteiger partial charge on any atom is 0.223 e. The van der Waals surface area contributed by atoms with E-state index in [2.05, 4.69) is 5.32 Å². The smallest absolute Gasteiger partial charge is 0.223 e. The van der Waals surface area contributed by atoms with Crippen LogP contribution in [0.5, 0.6) is 5.75 Å². The molecule has 1 heterocycles. The van der Waals surface area contributed by atoms with Gasteiger partial charge in [0.2, 0.25) is 5.96 Å². The summed E-state index contributed by atoms with van der Waals surface area (Å²) in [4.78, 5) is 5.79. The minimum atomic E-state index is 0.355. The molecule has 0 bridgehead atoms. The Morgan fingerprint density at radius 3 is 2.56 bits per heavy atom. The molecule has 5 nitrogen and oxygen atoms in total. The van der Waals surface area contributed by atoms with Gasteiger partial charge in [-0.05, 0) is 62.2 Å². The van der Waals surface area contributed by atoms with Crippen molar-refractivity contribution in [2.45, 2.75) is 20.8 Å². The van der Waals surface area contributed by atoms with E-state index in [9.17, 15) is 0 Å². The van der Waals surface area contributed by atoms with E-state index < -0.39 is 0 Å². The summed E-state index contributed by atoms with van der Waals surface area (Å²) in [7, 11) is 1.62. The van der Waals surface area contributed by atoms with Gasteiger partial charge in [-0.25, -0.2) is 8.95 Å². The standard InChI is InChI=1S/C20H21ClN4OS/c1-12-5-8-18(26-4)17(9-12)24-20(25-19(22)10-14(3)27-25)23-15-7-6-13(2)16(21)11-15/h5-11,22H,1-4H3,(H,23,24). The van der Waals surface area contributed by atoms with Gasteiger partial charge in [0.1, 0.15) is 16.9 Å². The summed E-state index contributed by atoms with van der Waals surface area (Å²) in [5, 5.41) is 12.2. The fourth-order valence-electron chi connectivity index (χ4n) is 2.55. The highest BCUT2D eigenvalue weighted by Crippen LogP contribution is 2.29. The topological polar surface area (TPSA) is 62.4 Å². The van der Waals surface area contributed by atoms with E-state index in [1.807, 2.05) is 57.2 Å². The molecule has 0 unspecified atom stereocenters. The molecule has 0 fully saturated rings. The van der Waals surface area contributed by atoms with E-state index in [1.54, 1.807) is 17.1 Å². The Hall–Kier alpha value is -2.57. The highest BCUT2D eigenvalue weighted by molar-refractivity contribution is 7.07. The van der Waals surface area contributed by atoms with Gasteiger partial charge in [0.15, 0.2) is 0 Å². The molecule has 2 N–H and O–H groups in total. The van der Waals surface area contributed by atoms with Gasteiger partial charge in [0.25, 0.3) is 0 Å². The van der Waals surface area contributed by atoms with Gasteiger partial charge in [-0.3, -0.25) is 5.41 Å². The Kier molecular flexibility index (Phi) is 5.68. The second-order valence-electron chi connectivity index (χ2n) is 6.23. The van der Waals surface area contributed by atoms with E-state index >= 15 is 0 Å². The van der Waals surface area contributed by atoms with Crippen molar-refractivity contribution in [3.63, 3.8) is 0 Å². The number of methoxy groups -OCH3 is 1. The molecule has 0 amide bonds. The number of anilines is 1. The first-order valence-corrected chi connectivity index (χ1v) is 9.54. The summed E-state index contributed by atoms with van der Waals surface area (Å²) < 4.78 is 7.19. The van der Waals surface area contributed by atoms with Crippen molar-refractivity contribution in [2.75, 3.05) is 12.4 Å². The van der Waals surface area contributed by atoms with Crippen LogP contribution in [0.1, 0.15) is 16.0 Å². The molecule has 0 saturated carbocycles. The Balaban J connectivity index is 2.13. The summed E-state index contributed by atoms with van der Waals surface area (Å²) in [5.41, 5.74) is 3.92. The third-order valence-corrected chi connectivity index (χ3v) is 5.34. The molecule has 0 aliphatic rings. The molecule has 0 aliphatic heterocycles. The van der Waals surface area contributed by atoms with Crippen LogP contribution in [0.3, 0.4) is 0 Å². The lowest BCUT2D eigenvalue weighted by Crippen LogP contribution is -2.28. The van der Waals surface area contributed by atoms with Crippen molar-refractivity contribution in [2.24, 2.45) is 4.99 Å². The number of aliphatic imine (C=N–C) groups is 1. The number of ether oxygens (including phenoxy) is 1. The summed E-state index contributed by atoms with van der Waals surface area (Å²) in [6.07, 6.45) is 0. The average Bonchev–Trinajstić information content (AvgIpc) is 2.96. The minimum absolute atomic E-state index is 0.355. The number of aryl methyl sites for hydroxylation is 3. The van der Waals surface area contributed by atoms with E-state index in [4.69, 9.17) is 26.7 Å². The summed E-state index contributed by atoms with van der Waals surface area (Å²) in [5.74, 6) is 1.18. The molecule has 1 aromatic heterocycles. The van der Waals surface area contributed by atoms with Crippen LogP contribution >= 0.6 is 23.1 Å². The average molecular weight is 401 g/mol. The number of benzene rings is 2. The lowest BCUT2D eigenvalue weighted by Gasteiger charge is -2.13. The van der Waals surface area contributed by atoms with Crippen molar-refractivity contribution in [1.29, 1.82) is 5.41 Å². The second-order valence-corrected chi connectivity index (χ2v) is 7.82. The van der Waals surface area contributed by atoms with Gasteiger partial charge in [0, 0.05) is 15.6 Å². The predicted octanol–water partition coefficient (Wildman–Crippen LogP) is 5.26. The van der Waals surface area contributed by atoms with Crippen LogP contribution in [0.15, 0.2) is 47.5 Å². The molecule has 0 aliphatic carbocycles. The first kappa shape index (κ1) is 19.2. The van der Waals surface area contributed by atoms with Crippen molar-refractivity contribution >= 4 is 40.5 Å². The Morgan fingerprint density at radius 1 is 1.15 bits per heavy atom. The number of hydrogen-bond donors (Lipinski definition) is 2. The molecule has 0 spiro atoms. The normalized spacial score (nSPS) is 11.5. The van der Waals surface area contributed by atoms with Crippen LogP contribution in [0.2, 0.25) is 5.02 Å². The van der Waals surface area contributed by atoms with Crippen molar-refractivity contribution in [3.05, 3.63) is 69.0 Å². The molecule has 3 aromatic rings. The molecular formula is C20H21ClN4OS. The van der Waals surface area contributed by atoms with Crippen molar-refractivity contribution in [1.82, 2.24) is 3.96 Å². The van der Waals surface area contributed by atoms with Crippen LogP contribution in [0, 0.1) is 26.2 Å². The zero-order chi connectivity index (χ0) is 19.6. The van der Waals surface area contributed by atoms with Crippen LogP contribution in [-0.4, -0.2) is 17.0 Å². The van der Waals surface area contributed by atoms with E-state index in [1.165, 1.54) is 11.5 Å². The van der Waals surface area contributed by atoms with Crippen LogP contribution in [0.25, 0.3) is 0 Å². The van der Waals surface area contributed by atoms with Crippen LogP contribution in [-0.2, 0) is 0 Å². The number of aromatic nitrogens is 1. The van der Waals surface area contributed by atoms with E-state index in [-0.39, 0.29) is 0 Å². The van der Waals surface area contributed by atoms with Crippen LogP contribution in [0.4, 0.5) is 11.4 Å². The third kappa shape index (κ3) is 4.40. The molecule has 140 valence electrons. The molecule has 0 atom stereocenters. The summed E-state index contributed by atoms with van der Waals surface area (Å²) in [6, 6.07) is 13.4. The van der Waals surface area contributed by atoms with Gasteiger partial charge in [-0.15, -0.1) is 0 Å². The number of halogens is 1. The van der Waals surface area contributed by atoms with Crippen molar-refractivity contribution < 1.29 is 4.74 Å². The monoisotopic (exact) mass is 400 g/mol. The van der Waals surface area contributed by atoms with Crippen molar-refractivity contribution in [3.8, 4) is 5.75 Å². The SMILES string of the molecule is COc1ccc(C)cc1N=C(Nc1ccc(C)c(Cl)c1)n1sc(C)cc1=N.